The fraction of sp³-hybridized carbons (Fsp3) is 0.160. The SMILES string of the molecule is Cc1ccc(C)c(NC(=O)N2Cc3ccccc3-n3cccc3[C@H]2c2cccs2)c1. The standard InChI is InChI=1S/C25H23N3OS/c1-17-11-12-18(2)20(15-17)26-25(29)28-16-19-7-3-4-8-21(19)27-13-5-9-22(27)24(28)23-10-6-14-30-23/h3-15,24H,16H2,1-2H3,(H,26,29)/t24-/m0/s1. The molecule has 1 atom stereocenters. The Morgan fingerprint density at radius 2 is 1.90 bits per heavy atom. The number of carbonyl (C=O) groups is 1. The number of thiophene rings is 1. The van der Waals surface area contributed by atoms with Crippen LogP contribution in [0.2, 0.25) is 0 Å². The summed E-state index contributed by atoms with van der Waals surface area (Å²) in [5, 5.41) is 5.25. The number of benzene rings is 2. The summed E-state index contributed by atoms with van der Waals surface area (Å²) in [4.78, 5) is 16.7. The van der Waals surface area contributed by atoms with Crippen LogP contribution in [0.4, 0.5) is 10.5 Å². The van der Waals surface area contributed by atoms with Gasteiger partial charge in [0.15, 0.2) is 0 Å². The van der Waals surface area contributed by atoms with Gasteiger partial charge in [0.2, 0.25) is 0 Å². The van der Waals surface area contributed by atoms with E-state index in [-0.39, 0.29) is 12.1 Å². The third kappa shape index (κ3) is 3.21. The lowest BCUT2D eigenvalue weighted by Gasteiger charge is -2.30. The first-order valence-electron chi connectivity index (χ1n) is 10.1. The number of amides is 2. The molecule has 4 nitrogen and oxygen atoms in total. The lowest BCUT2D eigenvalue weighted by molar-refractivity contribution is 0.195. The minimum Gasteiger partial charge on any atom is -0.318 e. The van der Waals surface area contributed by atoms with E-state index in [2.05, 4.69) is 63.9 Å². The predicted octanol–water partition coefficient (Wildman–Crippen LogP) is 6.29. The van der Waals surface area contributed by atoms with Crippen molar-refractivity contribution in [2.24, 2.45) is 0 Å². The number of hydrogen-bond acceptors (Lipinski definition) is 2. The summed E-state index contributed by atoms with van der Waals surface area (Å²) >= 11 is 1.68. The highest BCUT2D eigenvalue weighted by atomic mass is 32.1. The second-order valence-electron chi connectivity index (χ2n) is 7.73. The van der Waals surface area contributed by atoms with Gasteiger partial charge < -0.3 is 14.8 Å². The highest BCUT2D eigenvalue weighted by Crippen LogP contribution is 2.38. The van der Waals surface area contributed by atoms with Crippen LogP contribution in [-0.4, -0.2) is 15.5 Å². The molecule has 150 valence electrons. The van der Waals surface area contributed by atoms with Crippen LogP contribution in [0.1, 0.15) is 33.3 Å². The molecule has 2 aromatic carbocycles. The van der Waals surface area contributed by atoms with Crippen molar-refractivity contribution >= 4 is 23.1 Å². The van der Waals surface area contributed by atoms with E-state index in [4.69, 9.17) is 0 Å². The molecule has 1 N–H and O–H groups in total. The smallest absolute Gasteiger partial charge is 0.318 e. The molecule has 0 bridgehead atoms. The van der Waals surface area contributed by atoms with Crippen molar-refractivity contribution in [3.05, 3.63) is 106 Å². The third-order valence-corrected chi connectivity index (χ3v) is 6.60. The minimum absolute atomic E-state index is 0.0912. The van der Waals surface area contributed by atoms with Crippen molar-refractivity contribution in [3.8, 4) is 5.69 Å². The van der Waals surface area contributed by atoms with Crippen molar-refractivity contribution in [1.29, 1.82) is 0 Å². The second-order valence-corrected chi connectivity index (χ2v) is 8.71. The maximum absolute atomic E-state index is 13.6. The molecule has 5 rings (SSSR count). The van der Waals surface area contributed by atoms with E-state index in [0.717, 1.165) is 38.6 Å². The zero-order chi connectivity index (χ0) is 20.7. The van der Waals surface area contributed by atoms with Gasteiger partial charge in [0.1, 0.15) is 6.04 Å². The van der Waals surface area contributed by atoms with Gasteiger partial charge >= 0.3 is 6.03 Å². The number of rotatable bonds is 2. The Bertz CT molecular complexity index is 1210. The molecule has 0 fully saturated rings. The van der Waals surface area contributed by atoms with Gasteiger partial charge in [-0.25, -0.2) is 4.79 Å². The fourth-order valence-electron chi connectivity index (χ4n) is 4.14. The van der Waals surface area contributed by atoms with Crippen molar-refractivity contribution in [1.82, 2.24) is 9.47 Å². The molecule has 0 aliphatic carbocycles. The number of anilines is 1. The van der Waals surface area contributed by atoms with Crippen LogP contribution in [0.25, 0.3) is 5.69 Å². The molecule has 0 spiro atoms. The van der Waals surface area contributed by atoms with Gasteiger partial charge in [-0.05, 0) is 66.2 Å². The number of aromatic nitrogens is 1. The lowest BCUT2D eigenvalue weighted by Crippen LogP contribution is -2.37. The van der Waals surface area contributed by atoms with E-state index in [9.17, 15) is 4.79 Å². The molecular weight excluding hydrogens is 390 g/mol. The number of carbonyl (C=O) groups excluding carboxylic acids is 1. The molecule has 3 heterocycles. The minimum atomic E-state index is -0.155. The van der Waals surface area contributed by atoms with Crippen molar-refractivity contribution < 1.29 is 4.79 Å². The summed E-state index contributed by atoms with van der Waals surface area (Å²) < 4.78 is 2.21. The molecule has 0 unspecified atom stereocenters. The van der Waals surface area contributed by atoms with E-state index >= 15 is 0 Å². The molecule has 1 aliphatic rings. The van der Waals surface area contributed by atoms with Crippen LogP contribution in [0.15, 0.2) is 78.3 Å². The second kappa shape index (κ2) is 7.50. The van der Waals surface area contributed by atoms with Crippen molar-refractivity contribution in [2.75, 3.05) is 5.32 Å². The summed E-state index contributed by atoms with van der Waals surface area (Å²) in [5.41, 5.74) is 6.39. The number of aryl methyl sites for hydroxylation is 2. The normalized spacial score (nSPS) is 15.3. The topological polar surface area (TPSA) is 37.3 Å². The first-order valence-corrected chi connectivity index (χ1v) is 10.9. The van der Waals surface area contributed by atoms with Crippen molar-refractivity contribution in [3.63, 3.8) is 0 Å². The lowest BCUT2D eigenvalue weighted by atomic mass is 10.1. The average molecular weight is 414 g/mol. The summed E-state index contributed by atoms with van der Waals surface area (Å²) in [6.07, 6.45) is 2.08. The van der Waals surface area contributed by atoms with Gasteiger partial charge in [-0.2, -0.15) is 0 Å². The molecule has 1 aliphatic heterocycles. The van der Waals surface area contributed by atoms with Gasteiger partial charge in [-0.15, -0.1) is 11.3 Å². The van der Waals surface area contributed by atoms with Gasteiger partial charge in [-0.1, -0.05) is 36.4 Å². The van der Waals surface area contributed by atoms with E-state index in [0.29, 0.717) is 6.54 Å². The zero-order valence-corrected chi connectivity index (χ0v) is 17.8. The fourth-order valence-corrected chi connectivity index (χ4v) is 4.99. The van der Waals surface area contributed by atoms with Gasteiger partial charge in [0.05, 0.1) is 17.9 Å². The van der Waals surface area contributed by atoms with Crippen LogP contribution >= 0.6 is 11.3 Å². The highest BCUT2D eigenvalue weighted by Gasteiger charge is 2.33. The van der Waals surface area contributed by atoms with Crippen LogP contribution < -0.4 is 5.32 Å². The van der Waals surface area contributed by atoms with E-state index in [1.807, 2.05) is 43.0 Å². The Labute approximate surface area is 180 Å². The molecule has 0 saturated heterocycles. The van der Waals surface area contributed by atoms with Gasteiger partial charge in [-0.3, -0.25) is 0 Å². The largest absolute Gasteiger partial charge is 0.323 e. The summed E-state index contributed by atoms with van der Waals surface area (Å²) in [6, 6.07) is 22.5. The highest BCUT2D eigenvalue weighted by molar-refractivity contribution is 7.10. The van der Waals surface area contributed by atoms with E-state index in [1.165, 1.54) is 0 Å². The van der Waals surface area contributed by atoms with Crippen LogP contribution in [-0.2, 0) is 6.54 Å². The molecule has 0 saturated carbocycles. The van der Waals surface area contributed by atoms with E-state index < -0.39 is 0 Å². The molecule has 0 radical (unpaired) electrons. The number of urea groups is 1. The Hall–Kier alpha value is -3.31. The zero-order valence-electron chi connectivity index (χ0n) is 17.0. The first kappa shape index (κ1) is 18.7. The maximum Gasteiger partial charge on any atom is 0.323 e. The molecule has 4 aromatic rings. The maximum atomic E-state index is 13.6. The Morgan fingerprint density at radius 3 is 2.73 bits per heavy atom. The number of hydrogen-bond donors (Lipinski definition) is 1. The summed E-state index contributed by atoms with van der Waals surface area (Å²) in [7, 11) is 0. The summed E-state index contributed by atoms with van der Waals surface area (Å²) in [6.45, 7) is 4.60. The van der Waals surface area contributed by atoms with Crippen molar-refractivity contribution in [2.45, 2.75) is 26.4 Å². The molecule has 30 heavy (non-hydrogen) atoms. The quantitative estimate of drug-likeness (QED) is 0.412. The molecule has 2 aromatic heterocycles. The molecule has 2 amide bonds. The molecule has 5 heteroatoms. The first-order chi connectivity index (χ1) is 14.6. The Balaban J connectivity index is 1.62. The number of nitrogens with zero attached hydrogens (tertiary/aromatic N) is 2. The van der Waals surface area contributed by atoms with E-state index in [1.54, 1.807) is 11.3 Å². The Morgan fingerprint density at radius 1 is 1.03 bits per heavy atom. The van der Waals surface area contributed by atoms with Gasteiger partial charge in [0, 0.05) is 16.8 Å². The van der Waals surface area contributed by atoms with Gasteiger partial charge in [0.25, 0.3) is 0 Å². The number of para-hydroxylation sites is 1. The average Bonchev–Trinajstić information content (AvgIpc) is 3.42. The summed E-state index contributed by atoms with van der Waals surface area (Å²) in [5.74, 6) is 0. The van der Waals surface area contributed by atoms with Crippen LogP contribution in [0, 0.1) is 13.8 Å². The predicted molar refractivity (Wildman–Crippen MR) is 122 cm³/mol. The number of fused-ring (bicyclic) bond motifs is 3. The van der Waals surface area contributed by atoms with Crippen LogP contribution in [0.5, 0.6) is 0 Å². The monoisotopic (exact) mass is 413 g/mol. The van der Waals surface area contributed by atoms with Crippen LogP contribution in [0.3, 0.4) is 0 Å². The molecular formula is C25H23N3OS. The third-order valence-electron chi connectivity index (χ3n) is 5.67. The Kier molecular flexibility index (Phi) is 4.68. The number of nitrogens with one attached hydrogen (secondary N) is 1.